The van der Waals surface area contributed by atoms with Gasteiger partial charge in [0, 0.05) is 18.7 Å². The van der Waals surface area contributed by atoms with Gasteiger partial charge in [-0.15, -0.1) is 6.58 Å². The van der Waals surface area contributed by atoms with Crippen LogP contribution < -0.4 is 4.90 Å². The summed E-state index contributed by atoms with van der Waals surface area (Å²) < 4.78 is 21.2. The Labute approximate surface area is 180 Å². The summed E-state index contributed by atoms with van der Waals surface area (Å²) in [7, 11) is 0. The molecule has 1 aliphatic rings. The first kappa shape index (κ1) is 22.7. The molecule has 5 heteroatoms. The lowest BCUT2D eigenvalue weighted by Crippen LogP contribution is -3.12. The fourth-order valence-electron chi connectivity index (χ4n) is 4.56. The number of ether oxygens (including phenoxy) is 1. The Morgan fingerprint density at radius 2 is 2.07 bits per heavy atom. The average Bonchev–Trinajstić information content (AvgIpc) is 3.15. The zero-order chi connectivity index (χ0) is 21.2. The Bertz CT molecular complexity index is 770. The van der Waals surface area contributed by atoms with Crippen molar-refractivity contribution in [3.63, 3.8) is 0 Å². The van der Waals surface area contributed by atoms with E-state index in [-0.39, 0.29) is 5.82 Å². The number of hydrogen-bond donors (Lipinski definition) is 2. The van der Waals surface area contributed by atoms with Crippen LogP contribution in [0.2, 0.25) is 0 Å². The van der Waals surface area contributed by atoms with E-state index in [4.69, 9.17) is 4.74 Å². The monoisotopic (exact) mass is 415 g/mol. The van der Waals surface area contributed by atoms with Gasteiger partial charge in [0.15, 0.2) is 0 Å². The van der Waals surface area contributed by atoms with Crippen LogP contribution in [0.1, 0.15) is 43.4 Å². The van der Waals surface area contributed by atoms with Crippen LogP contribution in [-0.4, -0.2) is 42.1 Å². The Hall–Kier alpha value is -1.95. The Kier molecular flexibility index (Phi) is 9.12. The highest BCUT2D eigenvalue weighted by Gasteiger charge is 2.23. The zero-order valence-electron chi connectivity index (χ0n) is 17.9. The topological polar surface area (TPSA) is 38.8 Å². The number of halogens is 1. The number of aliphatic hydroxyl groups is 1. The molecule has 1 saturated carbocycles. The van der Waals surface area contributed by atoms with Crippen molar-refractivity contribution in [1.82, 2.24) is 4.57 Å². The average molecular weight is 416 g/mol. The molecule has 4 nitrogen and oxygen atoms in total. The van der Waals surface area contributed by atoms with Gasteiger partial charge in [-0.1, -0.05) is 37.5 Å². The number of nitrogens with zero attached hydrogens (tertiary/aromatic N) is 1. The SMILES string of the molecule is C=CCOC[C@@H](O)C[NH+](Cc1cccn1Cc1cccc(F)c1)CC1CCCCC1. The van der Waals surface area contributed by atoms with Crippen LogP contribution in [0.4, 0.5) is 4.39 Å². The molecule has 0 aliphatic heterocycles. The summed E-state index contributed by atoms with van der Waals surface area (Å²) in [5.74, 6) is 0.523. The highest BCUT2D eigenvalue weighted by Crippen LogP contribution is 2.22. The van der Waals surface area contributed by atoms with Gasteiger partial charge in [0.1, 0.15) is 25.0 Å². The predicted octanol–water partition coefficient (Wildman–Crippen LogP) is 3.20. The predicted molar refractivity (Wildman–Crippen MR) is 118 cm³/mol. The Morgan fingerprint density at radius 1 is 1.23 bits per heavy atom. The van der Waals surface area contributed by atoms with Gasteiger partial charge in [0.25, 0.3) is 0 Å². The van der Waals surface area contributed by atoms with E-state index in [2.05, 4.69) is 29.5 Å². The van der Waals surface area contributed by atoms with Crippen molar-refractivity contribution >= 4 is 0 Å². The molecule has 1 aromatic heterocycles. The van der Waals surface area contributed by atoms with Gasteiger partial charge in [0.2, 0.25) is 0 Å². The second kappa shape index (κ2) is 12.0. The quantitative estimate of drug-likeness (QED) is 0.413. The molecule has 1 fully saturated rings. The van der Waals surface area contributed by atoms with Gasteiger partial charge in [0.05, 0.1) is 25.5 Å². The molecule has 164 valence electrons. The standard InChI is InChI=1S/C25H35FN2O2/c1-2-14-30-20-25(29)19-27(16-21-8-4-3-5-9-21)18-24-12-7-13-28(24)17-22-10-6-11-23(26)15-22/h2,6-7,10-13,15,21,25,29H,1,3-5,8-9,14,16-20H2/p+1/t25-/m0/s1. The highest BCUT2D eigenvalue weighted by molar-refractivity contribution is 5.18. The molecule has 2 atom stereocenters. The molecule has 1 heterocycles. The number of quaternary nitrogens is 1. The second-order valence-electron chi connectivity index (χ2n) is 8.58. The first-order chi connectivity index (χ1) is 14.6. The first-order valence-electron chi connectivity index (χ1n) is 11.2. The molecule has 0 spiro atoms. The van der Waals surface area contributed by atoms with Crippen molar-refractivity contribution in [3.05, 3.63) is 72.3 Å². The van der Waals surface area contributed by atoms with Crippen molar-refractivity contribution < 1.29 is 19.1 Å². The summed E-state index contributed by atoms with van der Waals surface area (Å²) in [6.07, 6.45) is 9.84. The molecule has 2 aromatic rings. The normalized spacial score (nSPS) is 17.0. The van der Waals surface area contributed by atoms with Crippen molar-refractivity contribution in [2.24, 2.45) is 5.92 Å². The van der Waals surface area contributed by atoms with Gasteiger partial charge in [-0.2, -0.15) is 0 Å². The van der Waals surface area contributed by atoms with Crippen LogP contribution in [0.3, 0.4) is 0 Å². The van der Waals surface area contributed by atoms with E-state index < -0.39 is 6.10 Å². The third-order valence-electron chi connectivity index (χ3n) is 5.97. The van der Waals surface area contributed by atoms with Crippen molar-refractivity contribution in [2.75, 3.05) is 26.3 Å². The molecule has 30 heavy (non-hydrogen) atoms. The Morgan fingerprint density at radius 3 is 2.83 bits per heavy atom. The molecule has 1 aliphatic carbocycles. The third-order valence-corrected chi connectivity index (χ3v) is 5.97. The zero-order valence-corrected chi connectivity index (χ0v) is 17.9. The minimum absolute atomic E-state index is 0.201. The second-order valence-corrected chi connectivity index (χ2v) is 8.58. The Balaban J connectivity index is 1.65. The molecule has 0 radical (unpaired) electrons. The maximum Gasteiger partial charge on any atom is 0.126 e. The smallest absolute Gasteiger partial charge is 0.126 e. The van der Waals surface area contributed by atoms with Gasteiger partial charge in [-0.3, -0.25) is 0 Å². The number of aliphatic hydroxyl groups excluding tert-OH is 1. The van der Waals surface area contributed by atoms with E-state index in [1.54, 1.807) is 18.2 Å². The van der Waals surface area contributed by atoms with Crippen LogP contribution in [0, 0.1) is 11.7 Å². The molecule has 0 saturated heterocycles. The lowest BCUT2D eigenvalue weighted by molar-refractivity contribution is -0.920. The van der Waals surface area contributed by atoms with Crippen LogP contribution in [-0.2, 0) is 17.8 Å². The molecule has 1 aromatic carbocycles. The van der Waals surface area contributed by atoms with E-state index in [0.717, 1.165) is 24.6 Å². The van der Waals surface area contributed by atoms with Crippen molar-refractivity contribution in [3.8, 4) is 0 Å². The fourth-order valence-corrected chi connectivity index (χ4v) is 4.56. The molecular weight excluding hydrogens is 379 g/mol. The van der Waals surface area contributed by atoms with E-state index in [1.807, 2.05) is 6.07 Å². The summed E-state index contributed by atoms with van der Waals surface area (Å²) in [6, 6.07) is 11.0. The summed E-state index contributed by atoms with van der Waals surface area (Å²) in [5.41, 5.74) is 2.17. The van der Waals surface area contributed by atoms with E-state index >= 15 is 0 Å². The van der Waals surface area contributed by atoms with Gasteiger partial charge in [-0.05, 0) is 42.7 Å². The molecule has 3 rings (SSSR count). The summed E-state index contributed by atoms with van der Waals surface area (Å²) >= 11 is 0. The minimum Gasteiger partial charge on any atom is -0.385 e. The lowest BCUT2D eigenvalue weighted by Gasteiger charge is -2.29. The highest BCUT2D eigenvalue weighted by atomic mass is 19.1. The van der Waals surface area contributed by atoms with Crippen molar-refractivity contribution in [1.29, 1.82) is 0 Å². The van der Waals surface area contributed by atoms with Crippen molar-refractivity contribution in [2.45, 2.75) is 51.3 Å². The number of rotatable bonds is 12. The van der Waals surface area contributed by atoms with Gasteiger partial charge < -0.3 is 19.3 Å². The molecule has 0 bridgehead atoms. The largest absolute Gasteiger partial charge is 0.385 e. The van der Waals surface area contributed by atoms with Crippen LogP contribution >= 0.6 is 0 Å². The minimum atomic E-state index is -0.491. The lowest BCUT2D eigenvalue weighted by atomic mass is 9.89. The van der Waals surface area contributed by atoms with E-state index in [1.165, 1.54) is 48.8 Å². The fraction of sp³-hybridized carbons (Fsp3) is 0.520. The number of hydrogen-bond acceptors (Lipinski definition) is 2. The number of nitrogens with one attached hydrogen (secondary N) is 1. The third kappa shape index (κ3) is 7.38. The maximum atomic E-state index is 13.6. The van der Waals surface area contributed by atoms with Crippen LogP contribution in [0.15, 0.2) is 55.3 Å². The summed E-state index contributed by atoms with van der Waals surface area (Å²) in [5, 5.41) is 10.5. The maximum absolute atomic E-state index is 13.6. The number of benzene rings is 1. The van der Waals surface area contributed by atoms with Gasteiger partial charge >= 0.3 is 0 Å². The first-order valence-corrected chi connectivity index (χ1v) is 11.2. The van der Waals surface area contributed by atoms with Gasteiger partial charge in [-0.25, -0.2) is 4.39 Å². The molecule has 2 N–H and O–H groups in total. The molecule has 1 unspecified atom stereocenters. The summed E-state index contributed by atoms with van der Waals surface area (Å²) in [4.78, 5) is 1.38. The van der Waals surface area contributed by atoms with E-state index in [9.17, 15) is 9.50 Å². The molecular formula is C25H36FN2O2+. The molecule has 0 amide bonds. The number of aromatic nitrogens is 1. The van der Waals surface area contributed by atoms with Crippen LogP contribution in [0.25, 0.3) is 0 Å². The summed E-state index contributed by atoms with van der Waals surface area (Å²) in [6.45, 7) is 7.70. The van der Waals surface area contributed by atoms with Crippen LogP contribution in [0.5, 0.6) is 0 Å². The van der Waals surface area contributed by atoms with E-state index in [0.29, 0.717) is 26.3 Å².